The summed E-state index contributed by atoms with van der Waals surface area (Å²) in [5, 5.41) is 21.1. The highest BCUT2D eigenvalue weighted by molar-refractivity contribution is 6.02. The van der Waals surface area contributed by atoms with Crippen molar-refractivity contribution in [1.82, 2.24) is 20.4 Å². The Bertz CT molecular complexity index is 1580. The van der Waals surface area contributed by atoms with Crippen LogP contribution in [0.25, 0.3) is 16.6 Å². The van der Waals surface area contributed by atoms with Crippen molar-refractivity contribution in [2.75, 3.05) is 0 Å². The minimum Gasteiger partial charge on any atom is -0.478 e. The molecule has 41 heavy (non-hydrogen) atoms. The number of hydrogen-bond acceptors (Lipinski definition) is 4. The summed E-state index contributed by atoms with van der Waals surface area (Å²) in [6.45, 7) is 0.253. The van der Waals surface area contributed by atoms with E-state index in [2.05, 4.69) is 22.8 Å². The van der Waals surface area contributed by atoms with E-state index in [0.29, 0.717) is 24.3 Å². The van der Waals surface area contributed by atoms with Crippen molar-refractivity contribution in [3.05, 3.63) is 95.2 Å². The van der Waals surface area contributed by atoms with Crippen molar-refractivity contribution in [2.24, 2.45) is 0 Å². The van der Waals surface area contributed by atoms with Gasteiger partial charge in [0.25, 0.3) is 5.91 Å². The van der Waals surface area contributed by atoms with Gasteiger partial charge in [-0.15, -0.1) is 0 Å². The van der Waals surface area contributed by atoms with Gasteiger partial charge in [0, 0.05) is 23.4 Å². The highest BCUT2D eigenvalue weighted by Gasteiger charge is 2.45. The molecule has 0 bridgehead atoms. The molecule has 2 aliphatic rings. The van der Waals surface area contributed by atoms with Gasteiger partial charge in [0.2, 0.25) is 5.91 Å². The summed E-state index contributed by atoms with van der Waals surface area (Å²) < 4.78 is 2.05. The molecule has 3 aromatic carbocycles. The van der Waals surface area contributed by atoms with Crippen molar-refractivity contribution in [3.8, 4) is 5.69 Å². The predicted octanol–water partition coefficient (Wildman–Crippen LogP) is 5.74. The van der Waals surface area contributed by atoms with Crippen LogP contribution in [0.3, 0.4) is 0 Å². The summed E-state index contributed by atoms with van der Waals surface area (Å²) in [5.41, 5.74) is 3.51. The fourth-order valence-corrected chi connectivity index (χ4v) is 6.13. The van der Waals surface area contributed by atoms with Crippen LogP contribution in [-0.2, 0) is 11.3 Å². The molecule has 3 N–H and O–H groups in total. The van der Waals surface area contributed by atoms with Crippen molar-refractivity contribution < 1.29 is 19.5 Å². The second-order valence-electron chi connectivity index (χ2n) is 11.3. The largest absolute Gasteiger partial charge is 0.478 e. The maximum atomic E-state index is 13.5. The number of carbonyl (C=O) groups is 3. The molecule has 2 fully saturated rings. The summed E-state index contributed by atoms with van der Waals surface area (Å²) >= 11 is 0. The second kappa shape index (κ2) is 11.2. The molecular weight excluding hydrogens is 516 g/mol. The van der Waals surface area contributed by atoms with E-state index in [0.717, 1.165) is 41.4 Å². The fourth-order valence-electron chi connectivity index (χ4n) is 6.13. The summed E-state index contributed by atoms with van der Waals surface area (Å²) in [7, 11) is 0. The van der Waals surface area contributed by atoms with Crippen LogP contribution in [0, 0.1) is 0 Å². The lowest BCUT2D eigenvalue weighted by Crippen LogP contribution is -2.62. The Morgan fingerprint density at radius 2 is 1.59 bits per heavy atom. The van der Waals surface area contributed by atoms with Crippen molar-refractivity contribution in [3.63, 3.8) is 0 Å². The molecule has 0 saturated heterocycles. The topological polar surface area (TPSA) is 113 Å². The minimum atomic E-state index is -0.994. The first-order valence-corrected chi connectivity index (χ1v) is 14.4. The summed E-state index contributed by atoms with van der Waals surface area (Å²) in [6, 6.07) is 22.2. The third-order valence-corrected chi connectivity index (χ3v) is 8.61. The number of benzene rings is 3. The monoisotopic (exact) mass is 550 g/mol. The van der Waals surface area contributed by atoms with Crippen LogP contribution < -0.4 is 10.6 Å². The molecular formula is C33H34N4O4. The zero-order valence-corrected chi connectivity index (χ0v) is 22.9. The van der Waals surface area contributed by atoms with Gasteiger partial charge in [0.1, 0.15) is 5.54 Å². The smallest absolute Gasteiger partial charge is 0.335 e. The van der Waals surface area contributed by atoms with Gasteiger partial charge < -0.3 is 15.7 Å². The predicted molar refractivity (Wildman–Crippen MR) is 156 cm³/mol. The molecule has 1 aromatic heterocycles. The lowest BCUT2D eigenvalue weighted by molar-refractivity contribution is -0.130. The van der Waals surface area contributed by atoms with E-state index in [-0.39, 0.29) is 23.9 Å². The first-order valence-electron chi connectivity index (χ1n) is 14.4. The lowest BCUT2D eigenvalue weighted by Gasteiger charge is -2.40. The fraction of sp³-hybridized carbons (Fsp3) is 0.333. The molecule has 2 amide bonds. The SMILES string of the molecule is O=C(O)c1ccc(CNC(=O)C2(NC(=O)c3ccc4c(C5CCCCC5)n(-c5ccccc5)nc4c3)CCC2)cc1. The number of para-hydroxylation sites is 1. The average Bonchev–Trinajstić information content (AvgIpc) is 3.37. The van der Waals surface area contributed by atoms with Crippen molar-refractivity contribution >= 4 is 28.7 Å². The maximum absolute atomic E-state index is 13.5. The maximum Gasteiger partial charge on any atom is 0.335 e. The van der Waals surface area contributed by atoms with E-state index in [1.54, 1.807) is 12.1 Å². The van der Waals surface area contributed by atoms with Gasteiger partial charge in [-0.05, 0) is 74.1 Å². The Balaban J connectivity index is 1.21. The number of aromatic carboxylic acids is 1. The molecule has 0 spiro atoms. The number of carboxylic acid groups (broad SMARTS) is 1. The Kier molecular flexibility index (Phi) is 7.30. The van der Waals surface area contributed by atoms with Gasteiger partial charge in [-0.2, -0.15) is 5.10 Å². The Morgan fingerprint density at radius 1 is 0.878 bits per heavy atom. The molecule has 2 saturated carbocycles. The zero-order valence-electron chi connectivity index (χ0n) is 22.9. The number of nitrogens with zero attached hydrogens (tertiary/aromatic N) is 2. The van der Waals surface area contributed by atoms with Gasteiger partial charge in [0.15, 0.2) is 0 Å². The normalized spacial score (nSPS) is 16.6. The highest BCUT2D eigenvalue weighted by Crippen LogP contribution is 2.38. The number of carboxylic acids is 1. The second-order valence-corrected chi connectivity index (χ2v) is 11.3. The van der Waals surface area contributed by atoms with Crippen LogP contribution >= 0.6 is 0 Å². The van der Waals surface area contributed by atoms with E-state index in [1.165, 1.54) is 37.1 Å². The van der Waals surface area contributed by atoms with Crippen LogP contribution in [0.5, 0.6) is 0 Å². The van der Waals surface area contributed by atoms with E-state index in [1.807, 2.05) is 41.1 Å². The molecule has 0 unspecified atom stereocenters. The number of aromatic nitrogens is 2. The number of rotatable bonds is 8. The van der Waals surface area contributed by atoms with Crippen LogP contribution in [0.1, 0.15) is 89.3 Å². The number of carbonyl (C=O) groups excluding carboxylic acids is 2. The highest BCUT2D eigenvalue weighted by atomic mass is 16.4. The molecule has 8 nitrogen and oxygen atoms in total. The number of nitrogens with one attached hydrogen (secondary N) is 2. The van der Waals surface area contributed by atoms with Gasteiger partial charge in [-0.25, -0.2) is 9.48 Å². The number of amides is 2. The van der Waals surface area contributed by atoms with Crippen LogP contribution in [-0.4, -0.2) is 38.2 Å². The van der Waals surface area contributed by atoms with Gasteiger partial charge in [0.05, 0.1) is 22.5 Å². The molecule has 0 aliphatic heterocycles. The molecule has 210 valence electrons. The Morgan fingerprint density at radius 3 is 2.24 bits per heavy atom. The van der Waals surface area contributed by atoms with Crippen LogP contribution in [0.15, 0.2) is 72.8 Å². The molecule has 0 atom stereocenters. The van der Waals surface area contributed by atoms with E-state index >= 15 is 0 Å². The summed E-state index contributed by atoms with van der Waals surface area (Å²) in [5.74, 6) is -1.09. The molecule has 8 heteroatoms. The van der Waals surface area contributed by atoms with Gasteiger partial charge >= 0.3 is 5.97 Å². The summed E-state index contributed by atoms with van der Waals surface area (Å²) in [6.07, 6.45) is 7.96. The molecule has 2 aliphatic carbocycles. The van der Waals surface area contributed by atoms with Crippen LogP contribution in [0.4, 0.5) is 0 Å². The van der Waals surface area contributed by atoms with Crippen LogP contribution in [0.2, 0.25) is 0 Å². The van der Waals surface area contributed by atoms with Gasteiger partial charge in [-0.1, -0.05) is 55.7 Å². The number of hydrogen-bond donors (Lipinski definition) is 3. The quantitative estimate of drug-likeness (QED) is 0.259. The molecule has 1 heterocycles. The summed E-state index contributed by atoms with van der Waals surface area (Å²) in [4.78, 5) is 37.8. The van der Waals surface area contributed by atoms with E-state index in [9.17, 15) is 14.4 Å². The van der Waals surface area contributed by atoms with Gasteiger partial charge in [-0.3, -0.25) is 9.59 Å². The molecule has 0 radical (unpaired) electrons. The average molecular weight is 551 g/mol. The van der Waals surface area contributed by atoms with Crippen molar-refractivity contribution in [1.29, 1.82) is 0 Å². The Labute approximate surface area is 238 Å². The first-order chi connectivity index (χ1) is 19.9. The lowest BCUT2D eigenvalue weighted by atomic mass is 9.75. The van der Waals surface area contributed by atoms with E-state index < -0.39 is 11.5 Å². The Hall–Kier alpha value is -4.46. The zero-order chi connectivity index (χ0) is 28.4. The third-order valence-electron chi connectivity index (χ3n) is 8.61. The molecule has 4 aromatic rings. The standard InChI is InChI=1S/C33H34N4O4/c38-30(35-33(18-7-19-33)32(41)34-21-22-12-14-24(15-13-22)31(39)40)25-16-17-27-28(20-25)36-37(26-10-5-2-6-11-26)29(27)23-8-3-1-4-9-23/h2,5-6,10-17,20,23H,1,3-4,7-9,18-19,21H2,(H,34,41)(H,35,38)(H,39,40). The minimum absolute atomic E-state index is 0.194. The van der Waals surface area contributed by atoms with Crippen molar-refractivity contribution in [2.45, 2.75) is 69.4 Å². The first kappa shape index (κ1) is 26.7. The molecule has 6 rings (SSSR count). The third kappa shape index (κ3) is 5.34. The number of fused-ring (bicyclic) bond motifs is 1. The van der Waals surface area contributed by atoms with E-state index in [4.69, 9.17) is 10.2 Å².